The maximum atomic E-state index is 12.9. The molecule has 4 rings (SSSR count). The lowest BCUT2D eigenvalue weighted by molar-refractivity contribution is 0.116. The molecule has 3 atom stereocenters. The van der Waals surface area contributed by atoms with Gasteiger partial charge in [0, 0.05) is 50.9 Å². The van der Waals surface area contributed by atoms with E-state index in [0.29, 0.717) is 41.8 Å². The quantitative estimate of drug-likeness (QED) is 0.496. The number of ether oxygens (including phenoxy) is 1. The van der Waals surface area contributed by atoms with Crippen LogP contribution in [0.5, 0.6) is 5.88 Å². The number of fused-ring (bicyclic) bond motifs is 1. The summed E-state index contributed by atoms with van der Waals surface area (Å²) in [4.78, 5) is 31.5. The Bertz CT molecular complexity index is 1340. The van der Waals surface area contributed by atoms with E-state index in [1.54, 1.807) is 7.05 Å². The Hall–Kier alpha value is -3.45. The molecular formula is C26H36N8O2. The summed E-state index contributed by atoms with van der Waals surface area (Å²) >= 11 is 0. The first-order valence-electron chi connectivity index (χ1n) is 12.6. The molecule has 0 aromatic carbocycles. The number of hydrogen-bond acceptors (Lipinski definition) is 8. The Balaban J connectivity index is 1.66. The Kier molecular flexibility index (Phi) is 7.31. The lowest BCUT2D eigenvalue weighted by atomic mass is 10.0. The number of aromatic nitrogens is 5. The maximum Gasteiger partial charge on any atom is 0.350 e. The maximum absolute atomic E-state index is 12.9. The van der Waals surface area contributed by atoms with Crippen molar-refractivity contribution in [2.75, 3.05) is 18.0 Å². The molecule has 1 saturated heterocycles. The molecule has 0 spiro atoms. The molecule has 3 aromatic heterocycles. The number of pyridine rings is 1. The van der Waals surface area contributed by atoms with E-state index in [2.05, 4.69) is 41.6 Å². The third kappa shape index (κ3) is 4.67. The number of nitriles is 1. The normalized spacial score (nSPS) is 19.6. The van der Waals surface area contributed by atoms with Crippen LogP contribution in [0, 0.1) is 11.3 Å². The van der Waals surface area contributed by atoms with E-state index >= 15 is 0 Å². The van der Waals surface area contributed by atoms with Gasteiger partial charge in [-0.1, -0.05) is 6.07 Å². The Morgan fingerprint density at radius 2 is 1.89 bits per heavy atom. The van der Waals surface area contributed by atoms with Gasteiger partial charge in [0.1, 0.15) is 17.0 Å². The summed E-state index contributed by atoms with van der Waals surface area (Å²) in [7, 11) is 1.71. The molecule has 0 saturated carbocycles. The minimum Gasteiger partial charge on any atom is -0.475 e. The number of aryl methyl sites for hydroxylation is 2. The van der Waals surface area contributed by atoms with Crippen molar-refractivity contribution in [2.24, 2.45) is 7.05 Å². The Labute approximate surface area is 212 Å². The average molecular weight is 493 g/mol. The van der Waals surface area contributed by atoms with Crippen molar-refractivity contribution < 1.29 is 4.74 Å². The third-order valence-corrected chi connectivity index (χ3v) is 6.92. The van der Waals surface area contributed by atoms with Crippen molar-refractivity contribution in [3.63, 3.8) is 0 Å². The summed E-state index contributed by atoms with van der Waals surface area (Å²) in [5, 5.41) is 9.30. The molecule has 3 aromatic rings. The largest absolute Gasteiger partial charge is 0.475 e. The fourth-order valence-corrected chi connectivity index (χ4v) is 5.16. The number of imidazole rings is 1. The second-order valence-electron chi connectivity index (χ2n) is 9.85. The number of rotatable bonds is 7. The molecule has 36 heavy (non-hydrogen) atoms. The van der Waals surface area contributed by atoms with Crippen LogP contribution >= 0.6 is 0 Å². The lowest BCUT2D eigenvalue weighted by Gasteiger charge is -2.46. The fraction of sp³-hybridized carbons (Fsp3) is 0.577. The van der Waals surface area contributed by atoms with Crippen LogP contribution in [0.25, 0.3) is 11.2 Å². The van der Waals surface area contributed by atoms with Gasteiger partial charge in [-0.05, 0) is 47.6 Å². The summed E-state index contributed by atoms with van der Waals surface area (Å²) in [6.45, 7) is 14.6. The van der Waals surface area contributed by atoms with Crippen LogP contribution in [-0.2, 0) is 20.0 Å². The van der Waals surface area contributed by atoms with Gasteiger partial charge in [0.25, 0.3) is 0 Å². The van der Waals surface area contributed by atoms with E-state index < -0.39 is 0 Å². The topological polar surface area (TPSA) is 105 Å². The number of hydrogen-bond donors (Lipinski definition) is 0. The zero-order chi connectivity index (χ0) is 26.1. The molecule has 1 fully saturated rings. The number of nitrogens with zero attached hydrogens (tertiary/aromatic N) is 8. The minimum absolute atomic E-state index is 0.0679. The van der Waals surface area contributed by atoms with Gasteiger partial charge in [0.15, 0.2) is 5.82 Å². The Morgan fingerprint density at radius 3 is 2.56 bits per heavy atom. The third-order valence-electron chi connectivity index (χ3n) is 6.92. The standard InChI is InChI=1S/C26H36N8O2/c1-8-32-21(12-13-27)29-23-24(30-26(35)31(7)25(23)32)34-15-17(4)33(14-18(34)5)19(6)20-10-9-11-22(28-20)36-16(2)3/h9-11,16-19H,8,12,14-15H2,1-7H3/t17-,18+,19?/m1/s1. The van der Waals surface area contributed by atoms with Gasteiger partial charge in [-0.15, -0.1) is 0 Å². The SMILES string of the molecule is CCn1c(CC#N)nc2c(N3C[C@@H](C)N(C(C)c4cccc(OC(C)C)n4)C[C@@H]3C)nc(=O)n(C)c21. The van der Waals surface area contributed by atoms with Crippen LogP contribution in [0.1, 0.15) is 59.1 Å². The first-order valence-corrected chi connectivity index (χ1v) is 12.6. The molecule has 0 radical (unpaired) electrons. The van der Waals surface area contributed by atoms with Gasteiger partial charge in [-0.25, -0.2) is 14.8 Å². The Morgan fingerprint density at radius 1 is 1.14 bits per heavy atom. The minimum atomic E-state index is -0.322. The van der Waals surface area contributed by atoms with Crippen molar-refractivity contribution in [1.82, 2.24) is 29.0 Å². The summed E-state index contributed by atoms with van der Waals surface area (Å²) in [5.41, 5.74) is 2.03. The van der Waals surface area contributed by atoms with Crippen LogP contribution in [0.3, 0.4) is 0 Å². The monoisotopic (exact) mass is 492 g/mol. The molecule has 0 bridgehead atoms. The average Bonchev–Trinajstić information content (AvgIpc) is 3.20. The van der Waals surface area contributed by atoms with Gasteiger partial charge in [-0.3, -0.25) is 9.47 Å². The summed E-state index contributed by atoms with van der Waals surface area (Å²) in [5.74, 6) is 1.89. The van der Waals surface area contributed by atoms with Gasteiger partial charge in [-0.2, -0.15) is 10.2 Å². The lowest BCUT2D eigenvalue weighted by Crippen LogP contribution is -2.57. The second-order valence-corrected chi connectivity index (χ2v) is 9.85. The van der Waals surface area contributed by atoms with Gasteiger partial charge in [0.2, 0.25) is 5.88 Å². The van der Waals surface area contributed by atoms with Crippen LogP contribution in [-0.4, -0.2) is 60.3 Å². The highest BCUT2D eigenvalue weighted by atomic mass is 16.5. The molecule has 0 aliphatic carbocycles. The first kappa shape index (κ1) is 25.6. The van der Waals surface area contributed by atoms with Crippen molar-refractivity contribution in [2.45, 2.75) is 78.7 Å². The highest BCUT2D eigenvalue weighted by Gasteiger charge is 2.35. The summed E-state index contributed by atoms with van der Waals surface area (Å²) in [6, 6.07) is 8.48. The molecule has 1 aliphatic rings. The van der Waals surface area contributed by atoms with E-state index in [9.17, 15) is 10.1 Å². The second kappa shape index (κ2) is 10.3. The molecule has 0 N–H and O–H groups in total. The van der Waals surface area contributed by atoms with E-state index in [0.717, 1.165) is 12.2 Å². The summed E-state index contributed by atoms with van der Waals surface area (Å²) < 4.78 is 9.28. The highest BCUT2D eigenvalue weighted by molar-refractivity contribution is 5.84. The highest BCUT2D eigenvalue weighted by Crippen LogP contribution is 2.32. The van der Waals surface area contributed by atoms with Crippen LogP contribution < -0.4 is 15.3 Å². The predicted molar refractivity (Wildman–Crippen MR) is 139 cm³/mol. The van der Waals surface area contributed by atoms with Crippen LogP contribution in [0.4, 0.5) is 5.82 Å². The molecule has 1 unspecified atom stereocenters. The van der Waals surface area contributed by atoms with Crippen LogP contribution in [0.15, 0.2) is 23.0 Å². The van der Waals surface area contributed by atoms with Crippen LogP contribution in [0.2, 0.25) is 0 Å². The number of anilines is 1. The molecule has 0 amide bonds. The first-order chi connectivity index (χ1) is 17.2. The molecule has 4 heterocycles. The smallest absolute Gasteiger partial charge is 0.350 e. The van der Waals surface area contributed by atoms with Gasteiger partial charge >= 0.3 is 5.69 Å². The van der Waals surface area contributed by atoms with Gasteiger partial charge < -0.3 is 14.2 Å². The van der Waals surface area contributed by atoms with E-state index in [1.165, 1.54) is 4.57 Å². The zero-order valence-electron chi connectivity index (χ0n) is 22.3. The van der Waals surface area contributed by atoms with Crippen molar-refractivity contribution in [1.29, 1.82) is 5.26 Å². The zero-order valence-corrected chi connectivity index (χ0v) is 22.3. The van der Waals surface area contributed by atoms with Crippen molar-refractivity contribution >= 4 is 17.0 Å². The van der Waals surface area contributed by atoms with E-state index in [1.807, 2.05) is 43.5 Å². The van der Waals surface area contributed by atoms with E-state index in [4.69, 9.17) is 14.7 Å². The fourth-order valence-electron chi connectivity index (χ4n) is 5.16. The van der Waals surface area contributed by atoms with Crippen molar-refractivity contribution in [3.8, 4) is 11.9 Å². The molecule has 10 heteroatoms. The molecule has 10 nitrogen and oxygen atoms in total. The predicted octanol–water partition coefficient (Wildman–Crippen LogP) is 3.06. The van der Waals surface area contributed by atoms with E-state index in [-0.39, 0.29) is 36.3 Å². The number of piperazine rings is 1. The molecular weight excluding hydrogens is 456 g/mol. The molecule has 192 valence electrons. The van der Waals surface area contributed by atoms with Crippen molar-refractivity contribution in [3.05, 3.63) is 40.2 Å². The molecule has 1 aliphatic heterocycles. The van der Waals surface area contributed by atoms with Gasteiger partial charge in [0.05, 0.1) is 24.3 Å². The summed E-state index contributed by atoms with van der Waals surface area (Å²) in [6.07, 6.45) is 0.248.